The van der Waals surface area contributed by atoms with Crippen LogP contribution in [0, 0.1) is 11.8 Å². The predicted octanol–water partition coefficient (Wildman–Crippen LogP) is 4.08. The lowest BCUT2D eigenvalue weighted by Gasteiger charge is -2.42. The van der Waals surface area contributed by atoms with E-state index < -0.39 is 5.54 Å². The Morgan fingerprint density at radius 3 is 2.36 bits per heavy atom. The van der Waals surface area contributed by atoms with Gasteiger partial charge in [-0.1, -0.05) is 54.6 Å². The molecule has 1 spiro atoms. The zero-order valence-corrected chi connectivity index (χ0v) is 29.0. The van der Waals surface area contributed by atoms with Crippen molar-refractivity contribution in [1.29, 1.82) is 0 Å². The lowest BCUT2D eigenvalue weighted by Crippen LogP contribution is -2.57. The minimum absolute atomic E-state index is 0.00652. The largest absolute Gasteiger partial charge is 0.497 e. The third-order valence-electron chi connectivity index (χ3n) is 10.7. The van der Waals surface area contributed by atoms with Crippen molar-refractivity contribution in [3.63, 3.8) is 0 Å². The van der Waals surface area contributed by atoms with Crippen LogP contribution in [0.4, 0.5) is 0 Å². The molecular weight excluding hydrogens is 630 g/mol. The summed E-state index contributed by atoms with van der Waals surface area (Å²) in [4.78, 5) is 58.1. The van der Waals surface area contributed by atoms with Gasteiger partial charge in [-0.15, -0.1) is 0 Å². The number of rotatable bonds is 4. The van der Waals surface area contributed by atoms with Crippen LogP contribution in [0.1, 0.15) is 65.6 Å². The number of hydrogen-bond acceptors (Lipinski definition) is 6. The number of carbonyl (C=O) groups is 4. The molecule has 10 heteroatoms. The number of nitrogens with one attached hydrogen (secondary N) is 3. The Bertz CT molecular complexity index is 1650. The van der Waals surface area contributed by atoms with Gasteiger partial charge in [0, 0.05) is 64.2 Å². The monoisotopic (exact) mass is 679 g/mol. The number of hydrogen-bond donors (Lipinski definition) is 3. The van der Waals surface area contributed by atoms with Crippen molar-refractivity contribution in [1.82, 2.24) is 25.8 Å². The van der Waals surface area contributed by atoms with Crippen LogP contribution < -0.4 is 20.7 Å². The first kappa shape index (κ1) is 35.1. The van der Waals surface area contributed by atoms with Crippen molar-refractivity contribution in [2.24, 2.45) is 11.8 Å². The zero-order chi connectivity index (χ0) is 34.9. The Labute approximate surface area is 294 Å². The maximum atomic E-state index is 13.7. The van der Waals surface area contributed by atoms with Crippen molar-refractivity contribution < 1.29 is 23.9 Å². The molecule has 2 fully saturated rings. The fraction of sp³-hybridized carbons (Fsp3) is 0.450. The van der Waals surface area contributed by atoms with Crippen LogP contribution in [0.3, 0.4) is 0 Å². The van der Waals surface area contributed by atoms with Gasteiger partial charge in [0.1, 0.15) is 5.75 Å². The number of piperidine rings is 2. The van der Waals surface area contributed by atoms with Gasteiger partial charge in [-0.2, -0.15) is 0 Å². The van der Waals surface area contributed by atoms with Gasteiger partial charge >= 0.3 is 0 Å². The van der Waals surface area contributed by atoms with Crippen LogP contribution in [-0.4, -0.2) is 78.8 Å². The average molecular weight is 680 g/mol. The number of ether oxygens (including phenoxy) is 1. The number of amides is 4. The number of methoxy groups -OCH3 is 1. The van der Waals surface area contributed by atoms with Gasteiger partial charge in [0.05, 0.1) is 19.1 Å². The van der Waals surface area contributed by atoms with Crippen molar-refractivity contribution in [2.45, 2.75) is 63.6 Å². The molecule has 3 aromatic rings. The summed E-state index contributed by atoms with van der Waals surface area (Å²) in [5.41, 5.74) is 2.90. The Balaban J connectivity index is 1.18. The molecule has 0 saturated carbocycles. The lowest BCUT2D eigenvalue weighted by atomic mass is 9.80. The summed E-state index contributed by atoms with van der Waals surface area (Å²) in [5.74, 6) is 0.682. The molecule has 2 saturated heterocycles. The third kappa shape index (κ3) is 9.09. The summed E-state index contributed by atoms with van der Waals surface area (Å²) in [7, 11) is 1.67. The van der Waals surface area contributed by atoms with Crippen LogP contribution in [0.15, 0.2) is 78.9 Å². The molecular formula is C40H49N5O5. The van der Waals surface area contributed by atoms with E-state index in [2.05, 4.69) is 26.9 Å². The molecule has 0 bridgehead atoms. The zero-order valence-electron chi connectivity index (χ0n) is 29.0. The van der Waals surface area contributed by atoms with E-state index in [-0.39, 0.29) is 48.3 Å². The van der Waals surface area contributed by atoms with E-state index in [4.69, 9.17) is 4.74 Å². The fourth-order valence-corrected chi connectivity index (χ4v) is 7.82. The highest BCUT2D eigenvalue weighted by atomic mass is 16.5. The van der Waals surface area contributed by atoms with Gasteiger partial charge in [-0.05, 0) is 78.5 Å². The molecule has 0 aliphatic carbocycles. The highest BCUT2D eigenvalue weighted by Crippen LogP contribution is 2.31. The maximum Gasteiger partial charge on any atom is 0.253 e. The van der Waals surface area contributed by atoms with Gasteiger partial charge in [-0.25, -0.2) is 0 Å². The molecule has 3 aromatic carbocycles. The second-order valence-electron chi connectivity index (χ2n) is 14.1. The molecule has 0 aromatic heterocycles. The first-order chi connectivity index (χ1) is 24.3. The van der Waals surface area contributed by atoms with Crippen molar-refractivity contribution in [2.75, 3.05) is 39.8 Å². The number of fused-ring (bicyclic) bond motifs is 2. The summed E-state index contributed by atoms with van der Waals surface area (Å²) >= 11 is 0. The molecule has 10 nitrogen and oxygen atoms in total. The highest BCUT2D eigenvalue weighted by molar-refractivity contribution is 5.94. The van der Waals surface area contributed by atoms with Crippen molar-refractivity contribution in [3.8, 4) is 5.75 Å². The summed E-state index contributed by atoms with van der Waals surface area (Å²) in [5, 5.41) is 9.55. The molecule has 0 unspecified atom stereocenters. The normalized spacial score (nSPS) is 22.3. The van der Waals surface area contributed by atoms with Gasteiger partial charge in [0.15, 0.2) is 0 Å². The second kappa shape index (κ2) is 16.3. The number of carbonyl (C=O) groups excluding carboxylic acids is 4. The minimum atomic E-state index is -0.671. The molecule has 4 amide bonds. The quantitative estimate of drug-likeness (QED) is 0.383. The first-order valence-corrected chi connectivity index (χ1v) is 17.9. The Hall–Kier alpha value is -4.70. The van der Waals surface area contributed by atoms with Crippen molar-refractivity contribution in [3.05, 3.63) is 101 Å². The molecule has 3 N–H and O–H groups in total. The predicted molar refractivity (Wildman–Crippen MR) is 191 cm³/mol. The number of benzene rings is 3. The molecule has 50 heavy (non-hydrogen) atoms. The molecule has 2 atom stereocenters. The van der Waals surface area contributed by atoms with Crippen LogP contribution in [-0.2, 0) is 33.9 Å². The number of nitrogens with zero attached hydrogens (tertiary/aromatic N) is 2. The average Bonchev–Trinajstić information content (AvgIpc) is 3.12. The van der Waals surface area contributed by atoms with E-state index in [1.807, 2.05) is 77.7 Å². The maximum absolute atomic E-state index is 13.7. The van der Waals surface area contributed by atoms with Crippen molar-refractivity contribution >= 4 is 23.6 Å². The first-order valence-electron chi connectivity index (χ1n) is 17.9. The summed E-state index contributed by atoms with van der Waals surface area (Å²) in [6.07, 6.45) is 3.38. The molecule has 3 heterocycles. The number of likely N-dealkylation sites (tertiary alicyclic amines) is 2. The Kier molecular flexibility index (Phi) is 11.5. The lowest BCUT2D eigenvalue weighted by molar-refractivity contribution is -0.127. The van der Waals surface area contributed by atoms with E-state index in [0.717, 1.165) is 48.5 Å². The Morgan fingerprint density at radius 2 is 1.58 bits per heavy atom. The summed E-state index contributed by atoms with van der Waals surface area (Å²) < 4.78 is 5.41. The van der Waals surface area contributed by atoms with Crippen LogP contribution in [0.25, 0.3) is 0 Å². The smallest absolute Gasteiger partial charge is 0.253 e. The molecule has 264 valence electrons. The topological polar surface area (TPSA) is 120 Å². The summed E-state index contributed by atoms with van der Waals surface area (Å²) in [6.45, 7) is 4.13. The fourth-order valence-electron chi connectivity index (χ4n) is 7.82. The van der Waals surface area contributed by atoms with E-state index in [1.54, 1.807) is 7.11 Å². The van der Waals surface area contributed by atoms with Gasteiger partial charge in [0.2, 0.25) is 17.7 Å². The van der Waals surface area contributed by atoms with E-state index in [1.165, 1.54) is 0 Å². The SMILES string of the molecule is COc1cccc(CN2CCC3(CC2)CC(=O)NCC[C@H]2CN(C(=O)c4ccccc4)CC[C@H]2CC(=O)NCc2ccccc2CC(=O)N3)c1. The standard InChI is InChI=1S/C40H49N5O5/c1-50-35-13-7-8-29(22-35)27-44-20-16-40(17-21-44)25-38(48)41-18-14-34-28-45(39(49)30-9-3-2-4-10-30)19-15-32(34)23-36(46)42-26-33-12-6-5-11-31(33)24-37(47)43-40/h2-13,22,32,34H,14-21,23-28H2,1H3,(H,41,48)(H,42,46)(H,43,47)/t32-,34-/m0/s1. The third-order valence-corrected chi connectivity index (χ3v) is 10.7. The van der Waals surface area contributed by atoms with E-state index in [0.29, 0.717) is 57.4 Å². The molecule has 6 rings (SSSR count). The van der Waals surface area contributed by atoms with Crippen LogP contribution in [0.5, 0.6) is 5.75 Å². The summed E-state index contributed by atoms with van der Waals surface area (Å²) in [6, 6.07) is 25.1. The van der Waals surface area contributed by atoms with Gasteiger partial charge in [-0.3, -0.25) is 24.1 Å². The molecule has 3 aliphatic rings. The molecule has 0 radical (unpaired) electrons. The highest BCUT2D eigenvalue weighted by Gasteiger charge is 2.39. The van der Waals surface area contributed by atoms with Crippen LogP contribution in [0.2, 0.25) is 0 Å². The van der Waals surface area contributed by atoms with E-state index >= 15 is 0 Å². The van der Waals surface area contributed by atoms with Crippen LogP contribution >= 0.6 is 0 Å². The van der Waals surface area contributed by atoms with Gasteiger partial charge in [0.25, 0.3) is 5.91 Å². The second-order valence-corrected chi connectivity index (χ2v) is 14.1. The molecule has 3 aliphatic heterocycles. The van der Waals surface area contributed by atoms with E-state index in [9.17, 15) is 19.2 Å². The minimum Gasteiger partial charge on any atom is -0.497 e. The Morgan fingerprint density at radius 1 is 0.820 bits per heavy atom. The van der Waals surface area contributed by atoms with Gasteiger partial charge < -0.3 is 25.6 Å².